The molecule has 96 valence electrons. The van der Waals surface area contributed by atoms with Crippen molar-refractivity contribution in [1.82, 2.24) is 4.48 Å². The van der Waals surface area contributed by atoms with Crippen molar-refractivity contribution >= 4 is 28.3 Å². The molecule has 2 aromatic rings. The molecule has 1 unspecified atom stereocenters. The van der Waals surface area contributed by atoms with Gasteiger partial charge in [-0.2, -0.15) is 0 Å². The Morgan fingerprint density at radius 3 is 1.89 bits per heavy atom. The summed E-state index contributed by atoms with van der Waals surface area (Å²) in [5.74, 6) is 0. The van der Waals surface area contributed by atoms with Crippen LogP contribution >= 0.6 is 22.6 Å². The molecule has 0 aliphatic heterocycles. The predicted octanol–water partition coefficient (Wildman–Crippen LogP) is 1.22. The summed E-state index contributed by atoms with van der Waals surface area (Å²) < 4.78 is 2.00. The second-order valence-electron chi connectivity index (χ2n) is 4.49. The van der Waals surface area contributed by atoms with Gasteiger partial charge in [0.25, 0.3) is 0 Å². The molecule has 18 heavy (non-hydrogen) atoms. The van der Waals surface area contributed by atoms with Crippen molar-refractivity contribution in [2.45, 2.75) is 6.54 Å². The normalized spacial score (nSPS) is 13.4. The lowest BCUT2D eigenvalue weighted by Gasteiger charge is -2.32. The number of quaternary nitrogens is 1. The van der Waals surface area contributed by atoms with Crippen LogP contribution in [0.3, 0.4) is 0 Å². The van der Waals surface area contributed by atoms with E-state index in [9.17, 15) is 0 Å². The lowest BCUT2D eigenvalue weighted by Crippen LogP contribution is -3.00. The van der Waals surface area contributed by atoms with Gasteiger partial charge in [0.05, 0.1) is 7.05 Å². The largest absolute Gasteiger partial charge is 1.00 e. The zero-order valence-corrected chi connectivity index (χ0v) is 14.1. The van der Waals surface area contributed by atoms with Crippen LogP contribution in [-0.2, 0) is 6.54 Å². The van der Waals surface area contributed by atoms with E-state index < -0.39 is 0 Å². The number of hydrogen-bond acceptors (Lipinski definition) is 0. The first-order valence-electron chi connectivity index (χ1n) is 5.75. The minimum Gasteiger partial charge on any atom is -1.00 e. The summed E-state index contributed by atoms with van der Waals surface area (Å²) in [6.07, 6.45) is 0. The topological polar surface area (TPSA) is 0 Å². The minimum absolute atomic E-state index is 0. The van der Waals surface area contributed by atoms with Gasteiger partial charge in [-0.05, 0) is 34.7 Å². The molecule has 0 saturated heterocycles. The van der Waals surface area contributed by atoms with E-state index >= 15 is 0 Å². The van der Waals surface area contributed by atoms with Crippen molar-refractivity contribution in [1.29, 1.82) is 0 Å². The summed E-state index contributed by atoms with van der Waals surface area (Å²) in [6, 6.07) is 21.4. The number of nitrogens with zero attached hydrogens (tertiary/aromatic N) is 1. The molecule has 0 heterocycles. The highest BCUT2D eigenvalue weighted by atomic mass is 127. The maximum atomic E-state index is 2.47. The van der Waals surface area contributed by atoms with Gasteiger partial charge >= 0.3 is 0 Å². The van der Waals surface area contributed by atoms with Crippen molar-refractivity contribution in [2.24, 2.45) is 0 Å². The van der Waals surface area contributed by atoms with Crippen LogP contribution in [-0.4, -0.2) is 11.6 Å². The molecule has 0 bridgehead atoms. The molecule has 0 aliphatic carbocycles. The minimum atomic E-state index is 0. The van der Waals surface area contributed by atoms with Crippen LogP contribution in [0, 0.1) is 0 Å². The Labute approximate surface area is 133 Å². The molecule has 0 saturated carbocycles. The summed E-state index contributed by atoms with van der Waals surface area (Å²) in [5.41, 5.74) is 2.75. The Bertz CT molecular complexity index is 460. The maximum Gasteiger partial charge on any atom is 0.134 e. The number of hydrogen-bond donors (Lipinski definition) is 0. The van der Waals surface area contributed by atoms with Gasteiger partial charge in [0.2, 0.25) is 0 Å². The number of halogens is 2. The third kappa shape index (κ3) is 3.80. The zero-order chi connectivity index (χ0) is 12.1. The molecule has 2 aromatic carbocycles. The number of para-hydroxylation sites is 1. The molecular formula is C15H17BrIN. The van der Waals surface area contributed by atoms with Gasteiger partial charge in [-0.15, -0.1) is 0 Å². The highest BCUT2D eigenvalue weighted by Crippen LogP contribution is 2.25. The standard InChI is InChI=1S/C15H17IN.BrH/c1-17(13-16,15-10-6-3-7-11-15)12-14-8-4-2-5-9-14;/h2-11H,12-13H2,1H3;1H/q+1;/p-1. The van der Waals surface area contributed by atoms with Crippen LogP contribution in [0.5, 0.6) is 0 Å². The average Bonchev–Trinajstić information content (AvgIpc) is 2.41. The lowest BCUT2D eigenvalue weighted by molar-refractivity contribution is -0.00000352. The molecule has 2 rings (SSSR count). The van der Waals surface area contributed by atoms with Crippen LogP contribution in [0.25, 0.3) is 0 Å². The fourth-order valence-electron chi connectivity index (χ4n) is 1.98. The van der Waals surface area contributed by atoms with E-state index in [1.54, 1.807) is 0 Å². The Balaban J connectivity index is 0.00000162. The van der Waals surface area contributed by atoms with Crippen molar-refractivity contribution in [2.75, 3.05) is 11.6 Å². The van der Waals surface area contributed by atoms with E-state index in [0.717, 1.165) is 15.6 Å². The first-order chi connectivity index (χ1) is 8.24. The SMILES string of the molecule is C[N+](CI)(Cc1ccccc1)c1ccccc1.[Br-]. The Hall–Kier alpha value is -0.390. The van der Waals surface area contributed by atoms with Crippen molar-refractivity contribution in [3.05, 3.63) is 66.2 Å². The summed E-state index contributed by atoms with van der Waals surface area (Å²) >= 11 is 2.47. The first kappa shape index (κ1) is 15.7. The quantitative estimate of drug-likeness (QED) is 0.303. The van der Waals surface area contributed by atoms with Gasteiger partial charge in [-0.1, -0.05) is 48.5 Å². The number of alkyl halides is 1. The molecule has 0 aliphatic rings. The number of benzene rings is 2. The van der Waals surface area contributed by atoms with Crippen LogP contribution in [0.1, 0.15) is 5.56 Å². The van der Waals surface area contributed by atoms with Gasteiger partial charge in [-0.25, -0.2) is 0 Å². The van der Waals surface area contributed by atoms with Crippen molar-refractivity contribution in [3.63, 3.8) is 0 Å². The maximum absolute atomic E-state index is 2.47. The van der Waals surface area contributed by atoms with Gasteiger partial charge in [0.1, 0.15) is 16.8 Å². The van der Waals surface area contributed by atoms with E-state index in [2.05, 4.69) is 90.3 Å². The van der Waals surface area contributed by atoms with Crippen LogP contribution in [0.4, 0.5) is 5.69 Å². The predicted molar refractivity (Wildman–Crippen MR) is 83.2 cm³/mol. The van der Waals surface area contributed by atoms with Crippen LogP contribution in [0.15, 0.2) is 60.7 Å². The summed E-state index contributed by atoms with van der Waals surface area (Å²) in [4.78, 5) is 0. The molecule has 3 heteroatoms. The van der Waals surface area contributed by atoms with Crippen molar-refractivity contribution in [3.8, 4) is 0 Å². The summed E-state index contributed by atoms with van der Waals surface area (Å²) in [5, 5.41) is 0. The molecule has 1 nitrogen and oxygen atoms in total. The van der Waals surface area contributed by atoms with Gasteiger partial charge in [0, 0.05) is 5.56 Å². The highest BCUT2D eigenvalue weighted by molar-refractivity contribution is 14.1. The summed E-state index contributed by atoms with van der Waals surface area (Å²) in [6.45, 7) is 1.04. The molecule has 1 atom stereocenters. The third-order valence-corrected chi connectivity index (χ3v) is 4.52. The van der Waals surface area contributed by atoms with E-state index in [-0.39, 0.29) is 17.0 Å². The fraction of sp³-hybridized carbons (Fsp3) is 0.200. The average molecular weight is 418 g/mol. The third-order valence-electron chi connectivity index (χ3n) is 3.02. The van der Waals surface area contributed by atoms with E-state index in [1.165, 1.54) is 11.3 Å². The van der Waals surface area contributed by atoms with Gasteiger partial charge < -0.3 is 17.0 Å². The highest BCUT2D eigenvalue weighted by Gasteiger charge is 2.23. The Kier molecular flexibility index (Phi) is 6.32. The Morgan fingerprint density at radius 1 is 0.889 bits per heavy atom. The molecule has 0 N–H and O–H groups in total. The zero-order valence-electron chi connectivity index (χ0n) is 10.4. The summed E-state index contributed by atoms with van der Waals surface area (Å²) in [7, 11) is 2.29. The number of rotatable bonds is 4. The van der Waals surface area contributed by atoms with Gasteiger partial charge in [-0.3, -0.25) is 4.48 Å². The fourth-order valence-corrected chi connectivity index (χ4v) is 2.61. The van der Waals surface area contributed by atoms with E-state index in [1.807, 2.05) is 0 Å². The second-order valence-corrected chi connectivity index (χ2v) is 5.18. The molecule has 0 aromatic heterocycles. The van der Waals surface area contributed by atoms with E-state index in [0.29, 0.717) is 0 Å². The smallest absolute Gasteiger partial charge is 0.134 e. The molecule has 0 amide bonds. The molecule has 0 radical (unpaired) electrons. The molecule has 0 fully saturated rings. The molecular weight excluding hydrogens is 401 g/mol. The lowest BCUT2D eigenvalue weighted by atomic mass is 10.2. The molecule has 0 spiro atoms. The van der Waals surface area contributed by atoms with Crippen LogP contribution in [0.2, 0.25) is 0 Å². The van der Waals surface area contributed by atoms with Crippen molar-refractivity contribution < 1.29 is 17.0 Å². The monoisotopic (exact) mass is 417 g/mol. The van der Waals surface area contributed by atoms with E-state index in [4.69, 9.17) is 0 Å². The second kappa shape index (κ2) is 7.26. The van der Waals surface area contributed by atoms with Crippen LogP contribution < -0.4 is 21.5 Å². The first-order valence-corrected chi connectivity index (χ1v) is 7.27. The Morgan fingerprint density at radius 2 is 1.39 bits per heavy atom. The van der Waals surface area contributed by atoms with Gasteiger partial charge in [0.15, 0.2) is 0 Å².